The third-order valence-corrected chi connectivity index (χ3v) is 6.89. The van der Waals surface area contributed by atoms with Gasteiger partial charge in [0, 0.05) is 41.8 Å². The molecule has 7 nitrogen and oxygen atoms in total. The van der Waals surface area contributed by atoms with Crippen molar-refractivity contribution in [2.45, 2.75) is 6.42 Å². The van der Waals surface area contributed by atoms with E-state index in [9.17, 15) is 9.59 Å². The number of pyridine rings is 1. The van der Waals surface area contributed by atoms with Crippen LogP contribution in [-0.2, 0) is 0 Å². The first-order chi connectivity index (χ1) is 16.7. The molecule has 0 aliphatic rings. The predicted octanol–water partition coefficient (Wildman–Crippen LogP) is 5.48. The summed E-state index contributed by atoms with van der Waals surface area (Å²) in [5.41, 5.74) is 2.03. The van der Waals surface area contributed by atoms with E-state index in [4.69, 9.17) is 9.40 Å². The monoisotopic (exact) mass is 488 g/mol. The molecule has 0 saturated carbocycles. The molecule has 0 atom stereocenters. The van der Waals surface area contributed by atoms with Gasteiger partial charge in [0.05, 0.1) is 4.88 Å². The molecule has 0 bridgehead atoms. The molecule has 0 spiro atoms. The summed E-state index contributed by atoms with van der Waals surface area (Å²) in [5, 5.41) is 8.26. The fourth-order valence-electron chi connectivity index (χ4n) is 3.47. The summed E-state index contributed by atoms with van der Waals surface area (Å²) in [7, 11) is 0. The van der Waals surface area contributed by atoms with Gasteiger partial charge in [-0.3, -0.25) is 19.5 Å². The molecule has 4 aromatic heterocycles. The van der Waals surface area contributed by atoms with Gasteiger partial charge in [-0.25, -0.2) is 4.98 Å². The summed E-state index contributed by atoms with van der Waals surface area (Å²) in [4.78, 5) is 36.4. The lowest BCUT2D eigenvalue weighted by Gasteiger charge is -2.19. The molecular formula is C25H20N4O3S2. The first kappa shape index (κ1) is 22.0. The van der Waals surface area contributed by atoms with Crippen molar-refractivity contribution in [1.82, 2.24) is 15.3 Å². The maximum absolute atomic E-state index is 13.2. The molecule has 9 heteroatoms. The van der Waals surface area contributed by atoms with Crippen molar-refractivity contribution in [3.63, 3.8) is 0 Å². The number of anilines is 1. The summed E-state index contributed by atoms with van der Waals surface area (Å²) in [6.45, 7) is 0.845. The number of aromatic nitrogens is 2. The van der Waals surface area contributed by atoms with Gasteiger partial charge in [0.15, 0.2) is 10.9 Å². The Morgan fingerprint density at radius 3 is 2.68 bits per heavy atom. The normalized spacial score (nSPS) is 10.9. The lowest BCUT2D eigenvalue weighted by Crippen LogP contribution is -2.34. The van der Waals surface area contributed by atoms with Crippen molar-refractivity contribution in [3.05, 3.63) is 88.2 Å². The number of hydrogen-bond donors (Lipinski definition) is 1. The molecule has 1 N–H and O–H groups in total. The SMILES string of the molecule is O=C(NCCCN(C(=O)c1cccs1)c1nc(-c2cc3ccccc3o2)cs1)c1ccncc1. The van der Waals surface area contributed by atoms with E-state index in [1.54, 1.807) is 35.5 Å². The van der Waals surface area contributed by atoms with Gasteiger partial charge in [0.2, 0.25) is 0 Å². The zero-order chi connectivity index (χ0) is 23.3. The molecule has 0 fully saturated rings. The minimum atomic E-state index is -0.167. The summed E-state index contributed by atoms with van der Waals surface area (Å²) >= 11 is 2.79. The Morgan fingerprint density at radius 2 is 1.88 bits per heavy atom. The second-order valence-electron chi connectivity index (χ2n) is 7.44. The topological polar surface area (TPSA) is 88.3 Å². The average molecular weight is 489 g/mol. The molecule has 170 valence electrons. The molecule has 0 saturated heterocycles. The van der Waals surface area contributed by atoms with Crippen LogP contribution in [-0.4, -0.2) is 34.9 Å². The fraction of sp³-hybridized carbons (Fsp3) is 0.120. The van der Waals surface area contributed by atoms with Gasteiger partial charge in [-0.1, -0.05) is 24.3 Å². The van der Waals surface area contributed by atoms with E-state index < -0.39 is 0 Å². The van der Waals surface area contributed by atoms with Gasteiger partial charge >= 0.3 is 0 Å². The van der Waals surface area contributed by atoms with E-state index in [1.807, 2.05) is 47.2 Å². The number of thiophene rings is 1. The summed E-state index contributed by atoms with van der Waals surface area (Å²) in [5.74, 6) is 0.387. The van der Waals surface area contributed by atoms with Gasteiger partial charge in [-0.15, -0.1) is 22.7 Å². The Hall–Kier alpha value is -3.82. The minimum absolute atomic E-state index is 0.110. The van der Waals surface area contributed by atoms with Crippen molar-refractivity contribution < 1.29 is 14.0 Å². The Labute approximate surface area is 203 Å². The number of amides is 2. The molecule has 0 unspecified atom stereocenters. The van der Waals surface area contributed by atoms with Gasteiger partial charge in [-0.2, -0.15) is 0 Å². The molecule has 4 heterocycles. The highest BCUT2D eigenvalue weighted by Crippen LogP contribution is 2.32. The molecule has 2 amide bonds. The summed E-state index contributed by atoms with van der Waals surface area (Å²) in [6.07, 6.45) is 3.74. The summed E-state index contributed by atoms with van der Waals surface area (Å²) in [6, 6.07) is 16.7. The Bertz CT molecular complexity index is 1380. The number of nitrogens with zero attached hydrogens (tertiary/aromatic N) is 3. The molecule has 0 aliphatic heterocycles. The molecule has 0 aliphatic carbocycles. The highest BCUT2D eigenvalue weighted by Gasteiger charge is 2.22. The van der Waals surface area contributed by atoms with Crippen LogP contribution < -0.4 is 10.2 Å². The minimum Gasteiger partial charge on any atom is -0.454 e. The smallest absolute Gasteiger partial charge is 0.270 e. The van der Waals surface area contributed by atoms with Crippen molar-refractivity contribution >= 4 is 50.6 Å². The van der Waals surface area contributed by atoms with Crippen LogP contribution in [0, 0.1) is 0 Å². The number of nitrogens with one attached hydrogen (secondary N) is 1. The second-order valence-corrected chi connectivity index (χ2v) is 9.23. The van der Waals surface area contributed by atoms with Crippen LogP contribution in [0.5, 0.6) is 0 Å². The maximum atomic E-state index is 13.2. The van der Waals surface area contributed by atoms with Gasteiger partial charge in [0.25, 0.3) is 11.8 Å². The van der Waals surface area contributed by atoms with Crippen molar-refractivity contribution in [2.24, 2.45) is 0 Å². The second kappa shape index (κ2) is 9.98. The number of rotatable bonds is 8. The number of hydrogen-bond acceptors (Lipinski definition) is 7. The molecule has 5 rings (SSSR count). The number of carbonyl (C=O) groups excluding carboxylic acids is 2. The number of para-hydroxylation sites is 1. The van der Waals surface area contributed by atoms with E-state index in [2.05, 4.69) is 10.3 Å². The van der Waals surface area contributed by atoms with Crippen LogP contribution in [0.25, 0.3) is 22.4 Å². The van der Waals surface area contributed by atoms with E-state index in [1.165, 1.54) is 22.7 Å². The predicted molar refractivity (Wildman–Crippen MR) is 135 cm³/mol. The van der Waals surface area contributed by atoms with Crippen LogP contribution in [0.15, 0.2) is 82.2 Å². The Balaban J connectivity index is 1.31. The number of fused-ring (bicyclic) bond motifs is 1. The fourth-order valence-corrected chi connectivity index (χ4v) is 4.98. The molecular weight excluding hydrogens is 468 g/mol. The van der Waals surface area contributed by atoms with Crippen LogP contribution in [0.3, 0.4) is 0 Å². The quantitative estimate of drug-likeness (QED) is 0.292. The highest BCUT2D eigenvalue weighted by atomic mass is 32.1. The average Bonchev–Trinajstić information content (AvgIpc) is 3.64. The third kappa shape index (κ3) is 4.75. The zero-order valence-corrected chi connectivity index (χ0v) is 19.6. The maximum Gasteiger partial charge on any atom is 0.270 e. The van der Waals surface area contributed by atoms with Crippen LogP contribution in [0.1, 0.15) is 26.5 Å². The first-order valence-electron chi connectivity index (χ1n) is 10.7. The van der Waals surface area contributed by atoms with Gasteiger partial charge in [0.1, 0.15) is 11.3 Å². The number of thiazole rings is 1. The number of benzene rings is 1. The molecule has 5 aromatic rings. The van der Waals surface area contributed by atoms with E-state index >= 15 is 0 Å². The van der Waals surface area contributed by atoms with E-state index in [0.717, 1.165) is 11.0 Å². The Kier molecular flexibility index (Phi) is 6.46. The van der Waals surface area contributed by atoms with Crippen LogP contribution in [0.2, 0.25) is 0 Å². The van der Waals surface area contributed by atoms with E-state index in [-0.39, 0.29) is 11.8 Å². The largest absolute Gasteiger partial charge is 0.454 e. The van der Waals surface area contributed by atoms with Crippen molar-refractivity contribution in [1.29, 1.82) is 0 Å². The van der Waals surface area contributed by atoms with Crippen LogP contribution >= 0.6 is 22.7 Å². The first-order valence-corrected chi connectivity index (χ1v) is 12.4. The standard InChI is InChI=1S/C25H20N4O3S2/c30-23(17-8-11-26-12-9-17)27-10-4-13-29(24(31)22-7-3-14-33-22)25-28-19(16-34-25)21-15-18-5-1-2-6-20(18)32-21/h1-3,5-9,11-12,14-16H,4,10,13H2,(H,27,30). The third-order valence-electron chi connectivity index (χ3n) is 5.16. The lowest BCUT2D eigenvalue weighted by molar-refractivity contribution is 0.0953. The van der Waals surface area contributed by atoms with Crippen molar-refractivity contribution in [2.75, 3.05) is 18.0 Å². The van der Waals surface area contributed by atoms with Crippen molar-refractivity contribution in [3.8, 4) is 11.5 Å². The highest BCUT2D eigenvalue weighted by molar-refractivity contribution is 7.14. The van der Waals surface area contributed by atoms with Gasteiger partial charge < -0.3 is 9.73 Å². The molecule has 1 aromatic carbocycles. The summed E-state index contributed by atoms with van der Waals surface area (Å²) < 4.78 is 5.94. The molecule has 34 heavy (non-hydrogen) atoms. The van der Waals surface area contributed by atoms with E-state index in [0.29, 0.717) is 46.5 Å². The number of furan rings is 1. The number of carbonyl (C=O) groups is 2. The molecule has 0 radical (unpaired) electrons. The Morgan fingerprint density at radius 1 is 1.03 bits per heavy atom. The lowest BCUT2D eigenvalue weighted by atomic mass is 10.2. The van der Waals surface area contributed by atoms with Crippen LogP contribution in [0.4, 0.5) is 5.13 Å². The van der Waals surface area contributed by atoms with Gasteiger partial charge in [-0.05, 0) is 42.1 Å². The zero-order valence-electron chi connectivity index (χ0n) is 18.0.